The van der Waals surface area contributed by atoms with Gasteiger partial charge in [0, 0.05) is 11.7 Å². The van der Waals surface area contributed by atoms with Gasteiger partial charge in [0.25, 0.3) is 0 Å². The second-order valence-electron chi connectivity index (χ2n) is 4.30. The van der Waals surface area contributed by atoms with Gasteiger partial charge in [0.2, 0.25) is 0 Å². The predicted octanol–water partition coefficient (Wildman–Crippen LogP) is 3.31. The lowest BCUT2D eigenvalue weighted by molar-refractivity contribution is 0.103. The maximum Gasteiger partial charge on any atom is 0.198 e. The SMILES string of the molecule is COc1cccc2[nH]cc(C(=O)c3ccoc3C)c12. The molecule has 0 aliphatic rings. The minimum atomic E-state index is -0.0676. The molecule has 3 rings (SSSR count). The van der Waals surface area contributed by atoms with Gasteiger partial charge in [0.1, 0.15) is 11.5 Å². The zero-order valence-corrected chi connectivity index (χ0v) is 10.7. The molecule has 1 aromatic carbocycles. The van der Waals surface area contributed by atoms with Crippen LogP contribution in [0, 0.1) is 6.92 Å². The van der Waals surface area contributed by atoms with Crippen LogP contribution < -0.4 is 4.74 Å². The lowest BCUT2D eigenvalue weighted by atomic mass is 10.0. The topological polar surface area (TPSA) is 55.2 Å². The molecule has 19 heavy (non-hydrogen) atoms. The van der Waals surface area contributed by atoms with Crippen molar-refractivity contribution < 1.29 is 13.9 Å². The van der Waals surface area contributed by atoms with Gasteiger partial charge < -0.3 is 14.1 Å². The van der Waals surface area contributed by atoms with Crippen LogP contribution in [0.4, 0.5) is 0 Å². The van der Waals surface area contributed by atoms with Gasteiger partial charge in [0.15, 0.2) is 5.78 Å². The van der Waals surface area contributed by atoms with Gasteiger partial charge in [-0.2, -0.15) is 0 Å². The van der Waals surface area contributed by atoms with Crippen LogP contribution >= 0.6 is 0 Å². The molecule has 4 nitrogen and oxygen atoms in total. The van der Waals surface area contributed by atoms with E-state index in [0.29, 0.717) is 22.6 Å². The summed E-state index contributed by atoms with van der Waals surface area (Å²) in [6.45, 7) is 1.78. The van der Waals surface area contributed by atoms with E-state index in [0.717, 1.165) is 10.9 Å². The maximum absolute atomic E-state index is 12.5. The zero-order valence-electron chi connectivity index (χ0n) is 10.7. The summed E-state index contributed by atoms with van der Waals surface area (Å²) >= 11 is 0. The van der Waals surface area contributed by atoms with Crippen LogP contribution in [-0.4, -0.2) is 17.9 Å². The summed E-state index contributed by atoms with van der Waals surface area (Å²) < 4.78 is 10.5. The molecule has 0 spiro atoms. The molecule has 0 amide bonds. The number of carbonyl (C=O) groups excluding carboxylic acids is 1. The Morgan fingerprint density at radius 3 is 2.79 bits per heavy atom. The fourth-order valence-corrected chi connectivity index (χ4v) is 2.27. The number of aromatic nitrogens is 1. The number of fused-ring (bicyclic) bond motifs is 1. The van der Waals surface area contributed by atoms with Gasteiger partial charge >= 0.3 is 0 Å². The number of ketones is 1. The molecule has 4 heteroatoms. The number of furan rings is 1. The molecule has 2 heterocycles. The van der Waals surface area contributed by atoms with Crippen LogP contribution in [0.2, 0.25) is 0 Å². The Morgan fingerprint density at radius 1 is 1.26 bits per heavy atom. The first-order valence-corrected chi connectivity index (χ1v) is 5.95. The van der Waals surface area contributed by atoms with Crippen LogP contribution in [-0.2, 0) is 0 Å². The summed E-state index contributed by atoms with van der Waals surface area (Å²) in [5, 5.41) is 0.801. The number of rotatable bonds is 3. The van der Waals surface area contributed by atoms with Gasteiger partial charge in [-0.3, -0.25) is 4.79 Å². The fraction of sp³-hybridized carbons (Fsp3) is 0.133. The largest absolute Gasteiger partial charge is 0.496 e. The maximum atomic E-state index is 12.5. The van der Waals surface area contributed by atoms with Crippen molar-refractivity contribution in [3.05, 3.63) is 53.6 Å². The average Bonchev–Trinajstić information content (AvgIpc) is 3.03. The van der Waals surface area contributed by atoms with E-state index in [2.05, 4.69) is 4.98 Å². The van der Waals surface area contributed by atoms with E-state index in [1.807, 2.05) is 18.2 Å². The van der Waals surface area contributed by atoms with Crippen molar-refractivity contribution in [1.29, 1.82) is 0 Å². The number of H-pyrrole nitrogens is 1. The average molecular weight is 255 g/mol. The third kappa shape index (κ3) is 1.73. The highest BCUT2D eigenvalue weighted by Gasteiger charge is 2.19. The van der Waals surface area contributed by atoms with E-state index in [-0.39, 0.29) is 5.78 Å². The fourth-order valence-electron chi connectivity index (χ4n) is 2.27. The Hall–Kier alpha value is -2.49. The minimum absolute atomic E-state index is 0.0676. The second kappa shape index (κ2) is 4.31. The highest BCUT2D eigenvalue weighted by Crippen LogP contribution is 2.30. The van der Waals surface area contributed by atoms with E-state index >= 15 is 0 Å². The minimum Gasteiger partial charge on any atom is -0.496 e. The zero-order chi connectivity index (χ0) is 13.4. The van der Waals surface area contributed by atoms with Crippen molar-refractivity contribution >= 4 is 16.7 Å². The first-order valence-electron chi connectivity index (χ1n) is 5.95. The molecule has 3 aromatic rings. The highest BCUT2D eigenvalue weighted by molar-refractivity contribution is 6.18. The molecule has 0 atom stereocenters. The molecule has 0 bridgehead atoms. The van der Waals surface area contributed by atoms with Crippen LogP contribution in [0.25, 0.3) is 10.9 Å². The number of aromatic amines is 1. The summed E-state index contributed by atoms with van der Waals surface area (Å²) in [7, 11) is 1.60. The normalized spacial score (nSPS) is 10.8. The molecule has 0 unspecified atom stereocenters. The number of benzene rings is 1. The summed E-state index contributed by atoms with van der Waals surface area (Å²) in [4.78, 5) is 15.6. The van der Waals surface area contributed by atoms with Crippen LogP contribution in [0.3, 0.4) is 0 Å². The summed E-state index contributed by atoms with van der Waals surface area (Å²) in [5.41, 5.74) is 2.05. The lowest BCUT2D eigenvalue weighted by Gasteiger charge is -2.03. The number of aryl methyl sites for hydroxylation is 1. The number of hydrogen-bond donors (Lipinski definition) is 1. The Labute approximate surface area is 110 Å². The van der Waals surface area contributed by atoms with E-state index in [1.54, 1.807) is 26.3 Å². The van der Waals surface area contributed by atoms with E-state index in [1.165, 1.54) is 6.26 Å². The van der Waals surface area contributed by atoms with E-state index in [9.17, 15) is 4.79 Å². The number of nitrogens with one attached hydrogen (secondary N) is 1. The third-order valence-corrected chi connectivity index (χ3v) is 3.24. The number of methoxy groups -OCH3 is 1. The Balaban J connectivity index is 2.21. The monoisotopic (exact) mass is 255 g/mol. The molecule has 0 aliphatic carbocycles. The quantitative estimate of drug-likeness (QED) is 0.730. The number of ether oxygens (including phenoxy) is 1. The molecule has 0 fully saturated rings. The molecule has 0 radical (unpaired) electrons. The molecule has 96 valence electrons. The third-order valence-electron chi connectivity index (χ3n) is 3.24. The summed E-state index contributed by atoms with van der Waals surface area (Å²) in [5.74, 6) is 1.24. The van der Waals surface area contributed by atoms with Crippen molar-refractivity contribution in [3.63, 3.8) is 0 Å². The van der Waals surface area contributed by atoms with Gasteiger partial charge in [-0.1, -0.05) is 6.07 Å². The summed E-state index contributed by atoms with van der Waals surface area (Å²) in [6, 6.07) is 7.33. The molecule has 0 saturated heterocycles. The van der Waals surface area contributed by atoms with Crippen molar-refractivity contribution in [3.8, 4) is 5.75 Å². The van der Waals surface area contributed by atoms with E-state index in [4.69, 9.17) is 9.15 Å². The van der Waals surface area contributed by atoms with Crippen LogP contribution in [0.15, 0.2) is 41.1 Å². The van der Waals surface area contributed by atoms with Crippen molar-refractivity contribution in [1.82, 2.24) is 4.98 Å². The molecule has 0 saturated carbocycles. The predicted molar refractivity (Wildman–Crippen MR) is 71.7 cm³/mol. The summed E-state index contributed by atoms with van der Waals surface area (Å²) in [6.07, 6.45) is 3.23. The Morgan fingerprint density at radius 2 is 2.11 bits per heavy atom. The molecular weight excluding hydrogens is 242 g/mol. The second-order valence-corrected chi connectivity index (χ2v) is 4.30. The van der Waals surface area contributed by atoms with Crippen molar-refractivity contribution in [2.75, 3.05) is 7.11 Å². The highest BCUT2D eigenvalue weighted by atomic mass is 16.5. The molecule has 0 aliphatic heterocycles. The number of carbonyl (C=O) groups is 1. The first kappa shape index (κ1) is 11.6. The van der Waals surface area contributed by atoms with Gasteiger partial charge in [-0.25, -0.2) is 0 Å². The first-order chi connectivity index (χ1) is 9.22. The van der Waals surface area contributed by atoms with Gasteiger partial charge in [-0.15, -0.1) is 0 Å². The standard InChI is InChI=1S/C15H13NO3/c1-9-10(6-7-19-9)15(17)11-8-16-12-4-3-5-13(18-2)14(11)12/h3-8,16H,1-2H3. The van der Waals surface area contributed by atoms with Gasteiger partial charge in [-0.05, 0) is 25.1 Å². The van der Waals surface area contributed by atoms with E-state index < -0.39 is 0 Å². The van der Waals surface area contributed by atoms with Crippen LogP contribution in [0.5, 0.6) is 5.75 Å². The van der Waals surface area contributed by atoms with Crippen molar-refractivity contribution in [2.45, 2.75) is 6.92 Å². The molecule has 1 N–H and O–H groups in total. The number of hydrogen-bond acceptors (Lipinski definition) is 3. The Bertz CT molecular complexity index is 752. The van der Waals surface area contributed by atoms with Crippen molar-refractivity contribution in [2.24, 2.45) is 0 Å². The Kier molecular flexibility index (Phi) is 2.63. The molecule has 2 aromatic heterocycles. The van der Waals surface area contributed by atoms with Crippen LogP contribution in [0.1, 0.15) is 21.7 Å². The smallest absolute Gasteiger partial charge is 0.198 e. The van der Waals surface area contributed by atoms with Gasteiger partial charge in [0.05, 0.1) is 29.9 Å². The lowest BCUT2D eigenvalue weighted by Crippen LogP contribution is -2.01. The molecular formula is C15H13NO3.